The van der Waals surface area contributed by atoms with Gasteiger partial charge >= 0.3 is 0 Å². The Morgan fingerprint density at radius 3 is 2.55 bits per heavy atom. The predicted molar refractivity (Wildman–Crippen MR) is 83.7 cm³/mol. The van der Waals surface area contributed by atoms with Gasteiger partial charge in [-0.1, -0.05) is 36.4 Å². The van der Waals surface area contributed by atoms with Crippen molar-refractivity contribution >= 4 is 27.5 Å². The van der Waals surface area contributed by atoms with E-state index in [2.05, 4.69) is 21.2 Å². The van der Waals surface area contributed by atoms with E-state index in [0.717, 1.165) is 21.3 Å². The molecule has 0 bridgehead atoms. The van der Waals surface area contributed by atoms with Gasteiger partial charge in [-0.25, -0.2) is 0 Å². The number of ether oxygens (including phenoxy) is 1. The quantitative estimate of drug-likeness (QED) is 0.915. The molecule has 0 radical (unpaired) electrons. The van der Waals surface area contributed by atoms with Crippen LogP contribution in [0.15, 0.2) is 53.0 Å². The summed E-state index contributed by atoms with van der Waals surface area (Å²) in [5.74, 6) is -0.190. The number of hydrogen-bond donors (Lipinski definition) is 1. The second kappa shape index (κ2) is 6.68. The van der Waals surface area contributed by atoms with Gasteiger partial charge in [0.2, 0.25) is 0 Å². The van der Waals surface area contributed by atoms with Gasteiger partial charge in [-0.05, 0) is 46.1 Å². The number of benzene rings is 2. The molecule has 0 saturated heterocycles. The molecule has 0 aromatic heterocycles. The Kier molecular flexibility index (Phi) is 4.93. The zero-order valence-corrected chi connectivity index (χ0v) is 13.0. The van der Waals surface area contributed by atoms with Crippen LogP contribution in [0.1, 0.15) is 17.2 Å². The highest BCUT2D eigenvalue weighted by atomic mass is 79.9. The number of methoxy groups -OCH3 is 1. The van der Waals surface area contributed by atoms with E-state index in [4.69, 9.17) is 4.74 Å². The van der Waals surface area contributed by atoms with E-state index in [0.29, 0.717) is 0 Å². The highest BCUT2D eigenvalue weighted by molar-refractivity contribution is 9.10. The van der Waals surface area contributed by atoms with Gasteiger partial charge in [0.25, 0.3) is 5.91 Å². The number of aryl methyl sites for hydroxylation is 1. The maximum Gasteiger partial charge on any atom is 0.258 e. The minimum absolute atomic E-state index is 0.190. The summed E-state index contributed by atoms with van der Waals surface area (Å²) in [5, 5.41) is 2.89. The molecular weight excluding hydrogens is 318 g/mol. The first-order chi connectivity index (χ1) is 9.61. The highest BCUT2D eigenvalue weighted by Crippen LogP contribution is 2.25. The average molecular weight is 334 g/mol. The first-order valence-corrected chi connectivity index (χ1v) is 7.06. The normalized spacial score (nSPS) is 11.9. The van der Waals surface area contributed by atoms with Crippen LogP contribution in [0, 0.1) is 6.92 Å². The van der Waals surface area contributed by atoms with Crippen LogP contribution in [0.4, 0.5) is 5.69 Å². The largest absolute Gasteiger partial charge is 0.367 e. The maximum absolute atomic E-state index is 12.4. The molecule has 0 aliphatic carbocycles. The van der Waals surface area contributed by atoms with E-state index in [1.165, 1.54) is 7.11 Å². The zero-order chi connectivity index (χ0) is 14.5. The van der Waals surface area contributed by atoms with Crippen LogP contribution in [-0.2, 0) is 9.53 Å². The zero-order valence-electron chi connectivity index (χ0n) is 11.4. The van der Waals surface area contributed by atoms with Gasteiger partial charge in [0.05, 0.1) is 5.69 Å². The summed E-state index contributed by atoms with van der Waals surface area (Å²) in [6.45, 7) is 1.98. The van der Waals surface area contributed by atoms with Crippen molar-refractivity contribution in [1.29, 1.82) is 0 Å². The molecule has 1 atom stereocenters. The van der Waals surface area contributed by atoms with Crippen molar-refractivity contribution in [3.8, 4) is 0 Å². The molecule has 2 aromatic carbocycles. The Morgan fingerprint density at radius 2 is 1.90 bits per heavy atom. The topological polar surface area (TPSA) is 38.3 Å². The van der Waals surface area contributed by atoms with Gasteiger partial charge in [0.15, 0.2) is 6.10 Å². The summed E-state index contributed by atoms with van der Waals surface area (Å²) in [6, 6.07) is 15.2. The fourth-order valence-corrected chi connectivity index (χ4v) is 2.30. The smallest absolute Gasteiger partial charge is 0.258 e. The minimum atomic E-state index is -0.622. The van der Waals surface area contributed by atoms with Crippen LogP contribution >= 0.6 is 15.9 Å². The Hall–Kier alpha value is -1.65. The van der Waals surface area contributed by atoms with E-state index in [1.807, 2.05) is 55.5 Å². The molecule has 4 heteroatoms. The summed E-state index contributed by atoms with van der Waals surface area (Å²) in [6.07, 6.45) is -0.622. The lowest BCUT2D eigenvalue weighted by Crippen LogP contribution is -2.22. The van der Waals surface area contributed by atoms with Gasteiger partial charge in [-0.3, -0.25) is 4.79 Å². The third-order valence-corrected chi connectivity index (χ3v) is 3.65. The fourth-order valence-electron chi connectivity index (χ4n) is 1.96. The SMILES string of the molecule is COC(C(=O)Nc1cc(C)ccc1Br)c1ccccc1. The van der Waals surface area contributed by atoms with E-state index >= 15 is 0 Å². The molecule has 0 fully saturated rings. The third kappa shape index (κ3) is 3.46. The highest BCUT2D eigenvalue weighted by Gasteiger charge is 2.20. The number of anilines is 1. The molecule has 0 saturated carbocycles. The molecule has 0 aliphatic rings. The molecule has 104 valence electrons. The molecule has 20 heavy (non-hydrogen) atoms. The van der Waals surface area contributed by atoms with E-state index in [1.54, 1.807) is 0 Å². The lowest BCUT2D eigenvalue weighted by molar-refractivity contribution is -0.126. The summed E-state index contributed by atoms with van der Waals surface area (Å²) < 4.78 is 6.16. The van der Waals surface area contributed by atoms with Crippen molar-refractivity contribution in [3.63, 3.8) is 0 Å². The Labute approximate surface area is 127 Å². The predicted octanol–water partition coefficient (Wildman–Crippen LogP) is 4.08. The minimum Gasteiger partial charge on any atom is -0.367 e. The summed E-state index contributed by atoms with van der Waals surface area (Å²) in [7, 11) is 1.53. The molecule has 0 heterocycles. The number of halogens is 1. The van der Waals surface area contributed by atoms with Crippen molar-refractivity contribution in [1.82, 2.24) is 0 Å². The molecular formula is C16H16BrNO2. The van der Waals surface area contributed by atoms with Gasteiger partial charge in [-0.15, -0.1) is 0 Å². The summed E-state index contributed by atoms with van der Waals surface area (Å²) >= 11 is 3.43. The molecule has 1 N–H and O–H groups in total. The number of hydrogen-bond acceptors (Lipinski definition) is 2. The monoisotopic (exact) mass is 333 g/mol. The Bertz CT molecular complexity index is 599. The molecule has 0 aliphatic heterocycles. The van der Waals surface area contributed by atoms with E-state index in [-0.39, 0.29) is 5.91 Å². The average Bonchev–Trinajstić information content (AvgIpc) is 2.45. The summed E-state index contributed by atoms with van der Waals surface area (Å²) in [5.41, 5.74) is 2.65. The second-order valence-electron chi connectivity index (χ2n) is 4.50. The number of carbonyl (C=O) groups is 1. The lowest BCUT2D eigenvalue weighted by Gasteiger charge is -2.16. The fraction of sp³-hybridized carbons (Fsp3) is 0.188. The van der Waals surface area contributed by atoms with Gasteiger partial charge in [0, 0.05) is 11.6 Å². The van der Waals surface area contributed by atoms with Crippen molar-refractivity contribution in [2.75, 3.05) is 12.4 Å². The Morgan fingerprint density at radius 1 is 1.20 bits per heavy atom. The lowest BCUT2D eigenvalue weighted by atomic mass is 10.1. The first kappa shape index (κ1) is 14.8. The first-order valence-electron chi connectivity index (χ1n) is 6.26. The number of carbonyl (C=O) groups excluding carboxylic acids is 1. The molecule has 1 amide bonds. The van der Waals surface area contributed by atoms with E-state index < -0.39 is 6.10 Å². The van der Waals surface area contributed by atoms with Crippen molar-refractivity contribution in [3.05, 3.63) is 64.1 Å². The van der Waals surface area contributed by atoms with Crippen molar-refractivity contribution < 1.29 is 9.53 Å². The van der Waals surface area contributed by atoms with Gasteiger partial charge in [0.1, 0.15) is 0 Å². The Balaban J connectivity index is 2.20. The second-order valence-corrected chi connectivity index (χ2v) is 5.35. The van der Waals surface area contributed by atoms with Crippen LogP contribution < -0.4 is 5.32 Å². The van der Waals surface area contributed by atoms with Crippen molar-refractivity contribution in [2.45, 2.75) is 13.0 Å². The molecule has 0 spiro atoms. The molecule has 1 unspecified atom stereocenters. The molecule has 2 rings (SSSR count). The van der Waals surface area contributed by atoms with Crippen molar-refractivity contribution in [2.24, 2.45) is 0 Å². The maximum atomic E-state index is 12.4. The van der Waals surface area contributed by atoms with Gasteiger partial charge in [-0.2, -0.15) is 0 Å². The van der Waals surface area contributed by atoms with Gasteiger partial charge < -0.3 is 10.1 Å². The summed E-state index contributed by atoms with van der Waals surface area (Å²) in [4.78, 5) is 12.4. The van der Waals surface area contributed by atoms with E-state index in [9.17, 15) is 4.79 Å². The van der Waals surface area contributed by atoms with Crippen LogP contribution in [-0.4, -0.2) is 13.0 Å². The molecule has 2 aromatic rings. The number of rotatable bonds is 4. The standard InChI is InChI=1S/C16H16BrNO2/c1-11-8-9-13(17)14(10-11)18-16(19)15(20-2)12-6-4-3-5-7-12/h3-10,15H,1-2H3,(H,18,19). The van der Waals surface area contributed by atoms with Crippen LogP contribution in [0.5, 0.6) is 0 Å². The third-order valence-electron chi connectivity index (χ3n) is 2.96. The van der Waals surface area contributed by atoms with Crippen LogP contribution in [0.3, 0.4) is 0 Å². The van der Waals surface area contributed by atoms with Crippen LogP contribution in [0.25, 0.3) is 0 Å². The molecule has 3 nitrogen and oxygen atoms in total. The number of amides is 1. The number of nitrogens with one attached hydrogen (secondary N) is 1. The van der Waals surface area contributed by atoms with Crippen LogP contribution in [0.2, 0.25) is 0 Å².